The van der Waals surface area contributed by atoms with Gasteiger partial charge in [-0.2, -0.15) is 0 Å². The number of hydrogen-bond donors (Lipinski definition) is 0. The van der Waals surface area contributed by atoms with Gasteiger partial charge in [0, 0.05) is 18.8 Å². The first-order chi connectivity index (χ1) is 8.34. The highest BCUT2D eigenvalue weighted by Gasteiger charge is 2.07. The highest BCUT2D eigenvalue weighted by Crippen LogP contribution is 2.16. The normalized spacial score (nSPS) is 10.9. The molecule has 0 aliphatic carbocycles. The van der Waals surface area contributed by atoms with Gasteiger partial charge in [-0.15, -0.1) is 0 Å². The standard InChI is InChI=1S/C13H10BrN3/c14-12-9-16-13-11(15-6-7-17(12)13)8-10-4-2-1-3-5-10/h1-7,9H,8H2. The first-order valence-electron chi connectivity index (χ1n) is 5.35. The van der Waals surface area contributed by atoms with Crippen LogP contribution in [0, 0.1) is 0 Å². The number of imidazole rings is 1. The van der Waals surface area contributed by atoms with Gasteiger partial charge in [0.15, 0.2) is 5.65 Å². The molecule has 17 heavy (non-hydrogen) atoms. The topological polar surface area (TPSA) is 30.2 Å². The van der Waals surface area contributed by atoms with Gasteiger partial charge in [-0.1, -0.05) is 30.3 Å². The maximum atomic E-state index is 4.41. The van der Waals surface area contributed by atoms with Crippen molar-refractivity contribution in [2.45, 2.75) is 6.42 Å². The van der Waals surface area contributed by atoms with Gasteiger partial charge in [-0.3, -0.25) is 9.38 Å². The molecule has 2 heterocycles. The van der Waals surface area contributed by atoms with E-state index in [1.54, 1.807) is 12.4 Å². The van der Waals surface area contributed by atoms with Crippen LogP contribution in [-0.2, 0) is 6.42 Å². The lowest BCUT2D eigenvalue weighted by Crippen LogP contribution is -1.97. The summed E-state index contributed by atoms with van der Waals surface area (Å²) in [6.45, 7) is 0. The Labute approximate surface area is 107 Å². The zero-order valence-corrected chi connectivity index (χ0v) is 10.6. The van der Waals surface area contributed by atoms with E-state index < -0.39 is 0 Å². The zero-order chi connectivity index (χ0) is 11.7. The van der Waals surface area contributed by atoms with Crippen molar-refractivity contribution in [1.29, 1.82) is 0 Å². The SMILES string of the molecule is Brc1cnc2c(Cc3ccccc3)nccn12. The van der Waals surface area contributed by atoms with Gasteiger partial charge < -0.3 is 0 Å². The minimum Gasteiger partial charge on any atom is -0.291 e. The molecule has 0 aliphatic rings. The van der Waals surface area contributed by atoms with E-state index in [4.69, 9.17) is 0 Å². The third kappa shape index (κ3) is 1.96. The van der Waals surface area contributed by atoms with Crippen LogP contribution in [0.4, 0.5) is 0 Å². The van der Waals surface area contributed by atoms with Crippen LogP contribution in [0.1, 0.15) is 11.3 Å². The Morgan fingerprint density at radius 2 is 1.94 bits per heavy atom. The van der Waals surface area contributed by atoms with Gasteiger partial charge in [0.1, 0.15) is 4.60 Å². The molecule has 0 aliphatic heterocycles. The number of nitrogens with zero attached hydrogens (tertiary/aromatic N) is 3. The number of halogens is 1. The largest absolute Gasteiger partial charge is 0.291 e. The van der Waals surface area contributed by atoms with Crippen molar-refractivity contribution in [2.75, 3.05) is 0 Å². The molecule has 4 heteroatoms. The third-order valence-corrected chi connectivity index (χ3v) is 3.26. The maximum absolute atomic E-state index is 4.41. The molecule has 0 unspecified atom stereocenters. The van der Waals surface area contributed by atoms with Gasteiger partial charge in [0.05, 0.1) is 11.9 Å². The first-order valence-corrected chi connectivity index (χ1v) is 6.14. The second kappa shape index (κ2) is 4.30. The molecule has 0 saturated carbocycles. The molecule has 2 aromatic heterocycles. The van der Waals surface area contributed by atoms with Crippen LogP contribution in [0.2, 0.25) is 0 Å². The van der Waals surface area contributed by atoms with Crippen molar-refractivity contribution >= 4 is 21.6 Å². The summed E-state index contributed by atoms with van der Waals surface area (Å²) in [4.78, 5) is 8.78. The van der Waals surface area contributed by atoms with Gasteiger partial charge in [0.25, 0.3) is 0 Å². The van der Waals surface area contributed by atoms with Gasteiger partial charge in [-0.25, -0.2) is 4.98 Å². The average Bonchev–Trinajstić information content (AvgIpc) is 2.74. The molecule has 0 spiro atoms. The van der Waals surface area contributed by atoms with Gasteiger partial charge in [-0.05, 0) is 21.5 Å². The van der Waals surface area contributed by atoms with E-state index >= 15 is 0 Å². The molecule has 0 bridgehead atoms. The summed E-state index contributed by atoms with van der Waals surface area (Å²) in [6, 6.07) is 10.3. The number of fused-ring (bicyclic) bond motifs is 1. The molecule has 1 aromatic carbocycles. The van der Waals surface area contributed by atoms with Crippen LogP contribution in [0.15, 0.2) is 53.5 Å². The van der Waals surface area contributed by atoms with Crippen LogP contribution in [-0.4, -0.2) is 14.4 Å². The molecular weight excluding hydrogens is 278 g/mol. The minimum absolute atomic E-state index is 0.800. The number of rotatable bonds is 2. The number of hydrogen-bond acceptors (Lipinski definition) is 2. The molecule has 3 rings (SSSR count). The summed E-state index contributed by atoms with van der Waals surface area (Å²) >= 11 is 3.46. The summed E-state index contributed by atoms with van der Waals surface area (Å²) in [5.41, 5.74) is 3.14. The molecular formula is C13H10BrN3. The molecule has 0 saturated heterocycles. The summed E-state index contributed by atoms with van der Waals surface area (Å²) in [5, 5.41) is 0. The van der Waals surface area contributed by atoms with Crippen molar-refractivity contribution in [3.05, 3.63) is 64.8 Å². The van der Waals surface area contributed by atoms with E-state index in [2.05, 4.69) is 38.0 Å². The Kier molecular flexibility index (Phi) is 2.65. The van der Waals surface area contributed by atoms with Crippen LogP contribution in [0.5, 0.6) is 0 Å². The lowest BCUT2D eigenvalue weighted by molar-refractivity contribution is 1.01. The van der Waals surface area contributed by atoms with Crippen molar-refractivity contribution in [3.63, 3.8) is 0 Å². The lowest BCUT2D eigenvalue weighted by atomic mass is 10.1. The highest BCUT2D eigenvalue weighted by molar-refractivity contribution is 9.10. The number of aromatic nitrogens is 3. The Bertz CT molecular complexity index is 646. The minimum atomic E-state index is 0.800. The molecule has 0 atom stereocenters. The van der Waals surface area contributed by atoms with Crippen LogP contribution >= 0.6 is 15.9 Å². The molecule has 0 fully saturated rings. The Morgan fingerprint density at radius 1 is 1.12 bits per heavy atom. The fourth-order valence-electron chi connectivity index (χ4n) is 1.86. The van der Waals surface area contributed by atoms with E-state index in [0.29, 0.717) is 0 Å². The van der Waals surface area contributed by atoms with E-state index in [1.165, 1.54) is 5.56 Å². The molecule has 0 N–H and O–H groups in total. The molecule has 3 nitrogen and oxygen atoms in total. The van der Waals surface area contributed by atoms with E-state index in [9.17, 15) is 0 Å². The van der Waals surface area contributed by atoms with Crippen LogP contribution in [0.3, 0.4) is 0 Å². The third-order valence-electron chi connectivity index (χ3n) is 2.67. The zero-order valence-electron chi connectivity index (χ0n) is 9.05. The maximum Gasteiger partial charge on any atom is 0.159 e. The smallest absolute Gasteiger partial charge is 0.159 e. The van der Waals surface area contributed by atoms with E-state index in [-0.39, 0.29) is 0 Å². The number of benzene rings is 1. The van der Waals surface area contributed by atoms with Crippen molar-refractivity contribution in [2.24, 2.45) is 0 Å². The Hall–Kier alpha value is -1.68. The Balaban J connectivity index is 2.06. The fraction of sp³-hybridized carbons (Fsp3) is 0.0769. The van der Waals surface area contributed by atoms with Crippen LogP contribution < -0.4 is 0 Å². The average molecular weight is 288 g/mol. The van der Waals surface area contributed by atoms with E-state index in [1.807, 2.05) is 28.8 Å². The second-order valence-electron chi connectivity index (χ2n) is 3.81. The summed E-state index contributed by atoms with van der Waals surface area (Å²) in [7, 11) is 0. The van der Waals surface area contributed by atoms with Crippen molar-refractivity contribution in [1.82, 2.24) is 14.4 Å². The van der Waals surface area contributed by atoms with Crippen molar-refractivity contribution < 1.29 is 0 Å². The summed E-state index contributed by atoms with van der Waals surface area (Å²) in [6.07, 6.45) is 6.30. The van der Waals surface area contributed by atoms with E-state index in [0.717, 1.165) is 22.4 Å². The predicted molar refractivity (Wildman–Crippen MR) is 69.9 cm³/mol. The van der Waals surface area contributed by atoms with Gasteiger partial charge >= 0.3 is 0 Å². The molecule has 3 aromatic rings. The second-order valence-corrected chi connectivity index (χ2v) is 4.62. The Morgan fingerprint density at radius 3 is 2.76 bits per heavy atom. The van der Waals surface area contributed by atoms with Crippen molar-refractivity contribution in [3.8, 4) is 0 Å². The highest BCUT2D eigenvalue weighted by atomic mass is 79.9. The quantitative estimate of drug-likeness (QED) is 0.725. The monoisotopic (exact) mass is 287 g/mol. The van der Waals surface area contributed by atoms with Gasteiger partial charge in [0.2, 0.25) is 0 Å². The molecule has 0 amide bonds. The summed E-state index contributed by atoms with van der Waals surface area (Å²) < 4.78 is 2.94. The first kappa shape index (κ1) is 10.5. The fourth-order valence-corrected chi connectivity index (χ4v) is 2.25. The van der Waals surface area contributed by atoms with Crippen LogP contribution in [0.25, 0.3) is 5.65 Å². The summed E-state index contributed by atoms with van der Waals surface area (Å²) in [5.74, 6) is 0. The molecule has 84 valence electrons. The lowest BCUT2D eigenvalue weighted by Gasteiger charge is -2.03. The predicted octanol–water partition coefficient (Wildman–Crippen LogP) is 3.08. The molecule has 0 radical (unpaired) electrons.